The number of alkyl halides is 1. The highest BCUT2D eigenvalue weighted by Gasteiger charge is 2.41. The maximum Gasteiger partial charge on any atom is 0.304 e. The fourth-order valence-electron chi connectivity index (χ4n) is 1.39. The van der Waals surface area contributed by atoms with Crippen LogP contribution in [0.5, 0.6) is 0 Å². The maximum absolute atomic E-state index is 11.3. The van der Waals surface area contributed by atoms with E-state index in [-0.39, 0.29) is 0 Å². The van der Waals surface area contributed by atoms with Crippen molar-refractivity contribution < 1.29 is 13.2 Å². The van der Waals surface area contributed by atoms with Gasteiger partial charge in [0.15, 0.2) is 0 Å². The summed E-state index contributed by atoms with van der Waals surface area (Å²) in [5, 5.41) is 0. The van der Waals surface area contributed by atoms with Crippen molar-refractivity contribution in [2.45, 2.75) is 37.6 Å². The van der Waals surface area contributed by atoms with Gasteiger partial charge < -0.3 is 0 Å². The summed E-state index contributed by atoms with van der Waals surface area (Å²) in [4.78, 5) is 10.9. The molecule has 0 saturated carbocycles. The van der Waals surface area contributed by atoms with E-state index in [0.717, 1.165) is 4.31 Å². The third-order valence-electron chi connectivity index (χ3n) is 2.36. The quantitative estimate of drug-likeness (QED) is 0.744. The van der Waals surface area contributed by atoms with Gasteiger partial charge in [-0.15, -0.1) is 11.6 Å². The van der Waals surface area contributed by atoms with E-state index in [9.17, 15) is 13.2 Å². The number of nitrogens with one attached hydrogen (secondary N) is 1. The monoisotopic (exact) mass is 254 g/mol. The molecule has 15 heavy (non-hydrogen) atoms. The Kier molecular flexibility index (Phi) is 3.33. The van der Waals surface area contributed by atoms with Gasteiger partial charge in [-0.1, -0.05) is 0 Å². The number of halogens is 1. The topological polar surface area (TPSA) is 66.5 Å². The Balaban J connectivity index is 2.68. The second kappa shape index (κ2) is 3.92. The van der Waals surface area contributed by atoms with Crippen molar-refractivity contribution in [3.8, 4) is 0 Å². The van der Waals surface area contributed by atoms with Gasteiger partial charge in [0.2, 0.25) is 0 Å². The van der Waals surface area contributed by atoms with Crippen LogP contribution < -0.4 is 4.72 Å². The molecule has 1 rings (SSSR count). The first kappa shape index (κ1) is 12.7. The van der Waals surface area contributed by atoms with Crippen molar-refractivity contribution in [3.05, 3.63) is 0 Å². The molecule has 1 amide bonds. The number of rotatable bonds is 3. The highest BCUT2D eigenvalue weighted by Crippen LogP contribution is 2.24. The van der Waals surface area contributed by atoms with Crippen molar-refractivity contribution >= 4 is 27.7 Å². The predicted octanol–water partition coefficient (Wildman–Crippen LogP) is 0.459. The summed E-state index contributed by atoms with van der Waals surface area (Å²) in [7, 11) is -2.21. The van der Waals surface area contributed by atoms with Gasteiger partial charge in [-0.05, 0) is 26.7 Å². The van der Waals surface area contributed by atoms with Crippen molar-refractivity contribution in [2.75, 3.05) is 7.05 Å². The first-order valence-corrected chi connectivity index (χ1v) is 6.44. The van der Waals surface area contributed by atoms with E-state index in [0.29, 0.717) is 12.8 Å². The molecule has 0 aromatic carbocycles. The Hall–Kier alpha value is -0.330. The van der Waals surface area contributed by atoms with Crippen molar-refractivity contribution in [1.82, 2.24) is 9.03 Å². The molecule has 88 valence electrons. The van der Waals surface area contributed by atoms with Crippen LogP contribution in [0.4, 0.5) is 0 Å². The largest absolute Gasteiger partial charge is 0.304 e. The minimum absolute atomic E-state index is 0.423. The Morgan fingerprint density at radius 2 is 2.07 bits per heavy atom. The fraction of sp³-hybridized carbons (Fsp3) is 0.875. The Morgan fingerprint density at radius 1 is 1.53 bits per heavy atom. The number of nitrogens with zero attached hydrogens (tertiary/aromatic N) is 1. The molecule has 1 saturated heterocycles. The first-order valence-electron chi connectivity index (χ1n) is 4.62. The molecule has 1 fully saturated rings. The normalized spacial score (nSPS) is 26.7. The molecule has 1 heterocycles. The second-order valence-corrected chi connectivity index (χ2v) is 7.01. The Morgan fingerprint density at radius 3 is 2.40 bits per heavy atom. The highest BCUT2D eigenvalue weighted by molar-refractivity contribution is 7.88. The number of carbonyl (C=O) groups excluding carboxylic acids is 1. The third kappa shape index (κ3) is 3.06. The summed E-state index contributed by atoms with van der Waals surface area (Å²) >= 11 is 5.98. The van der Waals surface area contributed by atoms with E-state index in [2.05, 4.69) is 0 Å². The van der Waals surface area contributed by atoms with Gasteiger partial charge in [-0.25, -0.2) is 4.72 Å². The van der Waals surface area contributed by atoms with Crippen LogP contribution in [0.25, 0.3) is 0 Å². The van der Waals surface area contributed by atoms with Crippen molar-refractivity contribution in [2.24, 2.45) is 0 Å². The molecule has 0 spiro atoms. The van der Waals surface area contributed by atoms with Crippen LogP contribution in [0.2, 0.25) is 0 Å². The SMILES string of the molecule is CN1C(CCC(C)(C)Cl)C(=O)NS1(=O)=O. The standard InChI is InChI=1S/C8H15ClN2O3S/c1-8(2,9)5-4-6-7(12)10-15(13,14)11(6)3/h6H,4-5H2,1-3H3,(H,10,12). The van der Waals surface area contributed by atoms with Crippen LogP contribution in [0.1, 0.15) is 26.7 Å². The van der Waals surface area contributed by atoms with E-state index in [1.165, 1.54) is 7.05 Å². The Labute approximate surface area is 95.0 Å². The molecule has 0 bridgehead atoms. The van der Waals surface area contributed by atoms with Gasteiger partial charge in [0.05, 0.1) is 0 Å². The molecule has 1 unspecified atom stereocenters. The lowest BCUT2D eigenvalue weighted by Gasteiger charge is -2.19. The lowest BCUT2D eigenvalue weighted by atomic mass is 10.0. The molecular formula is C8H15ClN2O3S. The zero-order chi connectivity index (χ0) is 11.9. The molecule has 1 aliphatic heterocycles. The summed E-state index contributed by atoms with van der Waals surface area (Å²) < 4.78 is 25.5. The molecule has 1 atom stereocenters. The van der Waals surface area contributed by atoms with E-state index in [4.69, 9.17) is 11.6 Å². The molecule has 0 aliphatic carbocycles. The molecule has 0 radical (unpaired) electrons. The van der Waals surface area contributed by atoms with Gasteiger partial charge in [0, 0.05) is 11.9 Å². The number of hydrogen-bond donors (Lipinski definition) is 1. The number of likely N-dealkylation sites (N-methyl/N-ethyl adjacent to an activating group) is 1. The van der Waals surface area contributed by atoms with E-state index < -0.39 is 27.0 Å². The van der Waals surface area contributed by atoms with E-state index in [1.807, 2.05) is 18.6 Å². The lowest BCUT2D eigenvalue weighted by Crippen LogP contribution is -2.33. The summed E-state index contributed by atoms with van der Waals surface area (Å²) in [6, 6.07) is -0.631. The minimum atomic E-state index is -3.60. The number of amides is 1. The molecule has 0 aromatic heterocycles. The summed E-state index contributed by atoms with van der Waals surface area (Å²) in [5.41, 5.74) is 0. The summed E-state index contributed by atoms with van der Waals surface area (Å²) in [6.07, 6.45) is 1.00. The van der Waals surface area contributed by atoms with Gasteiger partial charge in [0.25, 0.3) is 5.91 Å². The highest BCUT2D eigenvalue weighted by atomic mass is 35.5. The van der Waals surface area contributed by atoms with Crippen LogP contribution in [-0.2, 0) is 15.0 Å². The van der Waals surface area contributed by atoms with Crippen LogP contribution >= 0.6 is 11.6 Å². The van der Waals surface area contributed by atoms with Gasteiger partial charge in [-0.2, -0.15) is 12.7 Å². The second-order valence-electron chi connectivity index (χ2n) is 4.26. The summed E-state index contributed by atoms with van der Waals surface area (Å²) in [5.74, 6) is -0.474. The van der Waals surface area contributed by atoms with Crippen molar-refractivity contribution in [1.29, 1.82) is 0 Å². The predicted molar refractivity (Wildman–Crippen MR) is 57.8 cm³/mol. The average molecular weight is 255 g/mol. The first-order chi connectivity index (χ1) is 6.63. The van der Waals surface area contributed by atoms with E-state index >= 15 is 0 Å². The lowest BCUT2D eigenvalue weighted by molar-refractivity contribution is -0.121. The molecular weight excluding hydrogens is 240 g/mol. The third-order valence-corrected chi connectivity index (χ3v) is 4.02. The molecule has 0 aromatic rings. The maximum atomic E-state index is 11.3. The van der Waals surface area contributed by atoms with Crippen LogP contribution in [0.15, 0.2) is 0 Å². The van der Waals surface area contributed by atoms with Crippen molar-refractivity contribution in [3.63, 3.8) is 0 Å². The smallest absolute Gasteiger partial charge is 0.272 e. The van der Waals surface area contributed by atoms with Crippen LogP contribution in [0.3, 0.4) is 0 Å². The number of carbonyl (C=O) groups is 1. The zero-order valence-corrected chi connectivity index (χ0v) is 10.5. The molecule has 5 nitrogen and oxygen atoms in total. The van der Waals surface area contributed by atoms with Gasteiger partial charge in [-0.3, -0.25) is 4.79 Å². The van der Waals surface area contributed by atoms with E-state index in [1.54, 1.807) is 0 Å². The van der Waals surface area contributed by atoms with Gasteiger partial charge >= 0.3 is 10.2 Å². The van der Waals surface area contributed by atoms with Gasteiger partial charge in [0.1, 0.15) is 6.04 Å². The summed E-state index contributed by atoms with van der Waals surface area (Å²) in [6.45, 7) is 3.66. The zero-order valence-electron chi connectivity index (χ0n) is 8.95. The van der Waals surface area contributed by atoms with Crippen LogP contribution in [-0.4, -0.2) is 36.6 Å². The number of hydrogen-bond acceptors (Lipinski definition) is 3. The molecule has 1 aliphatic rings. The molecule has 7 heteroatoms. The fourth-order valence-corrected chi connectivity index (χ4v) is 2.57. The van der Waals surface area contributed by atoms with Crippen LogP contribution in [0, 0.1) is 0 Å². The molecule has 1 N–H and O–H groups in total. The average Bonchev–Trinajstić information content (AvgIpc) is 2.18. The minimum Gasteiger partial charge on any atom is -0.272 e. The Bertz CT molecular complexity index is 361.